The van der Waals surface area contributed by atoms with E-state index in [4.69, 9.17) is 0 Å². The molecule has 1 aromatic rings. The molecule has 0 amide bonds. The number of pyridine rings is 1. The Labute approximate surface area is 110 Å². The van der Waals surface area contributed by atoms with Crippen LogP contribution in [0, 0.1) is 0 Å². The van der Waals surface area contributed by atoms with Crippen molar-refractivity contribution in [1.82, 2.24) is 9.88 Å². The maximum absolute atomic E-state index is 12.3. The van der Waals surface area contributed by atoms with Crippen molar-refractivity contribution in [3.05, 3.63) is 24.0 Å². The van der Waals surface area contributed by atoms with Gasteiger partial charge in [0.15, 0.2) is 0 Å². The van der Waals surface area contributed by atoms with E-state index >= 15 is 0 Å². The van der Waals surface area contributed by atoms with E-state index in [1.165, 1.54) is 4.90 Å². The van der Waals surface area contributed by atoms with Crippen LogP contribution in [0.25, 0.3) is 0 Å². The number of hydrogen-bond acceptors (Lipinski definition) is 3. The SMILES string of the molecule is CCc1cncc(NC2CCN(CC(F)(F)F)C2)c1. The van der Waals surface area contributed by atoms with E-state index in [9.17, 15) is 13.2 Å². The first kappa shape index (κ1) is 14.1. The summed E-state index contributed by atoms with van der Waals surface area (Å²) >= 11 is 0. The molecule has 1 saturated heterocycles. The van der Waals surface area contributed by atoms with Crippen molar-refractivity contribution in [2.24, 2.45) is 0 Å². The summed E-state index contributed by atoms with van der Waals surface area (Å²) in [4.78, 5) is 5.56. The molecule has 106 valence electrons. The van der Waals surface area contributed by atoms with Crippen molar-refractivity contribution in [3.63, 3.8) is 0 Å². The average molecular weight is 273 g/mol. The zero-order valence-corrected chi connectivity index (χ0v) is 10.9. The molecule has 1 N–H and O–H groups in total. The highest BCUT2D eigenvalue weighted by Crippen LogP contribution is 2.21. The lowest BCUT2D eigenvalue weighted by Crippen LogP contribution is -2.34. The van der Waals surface area contributed by atoms with Crippen LogP contribution >= 0.6 is 0 Å². The second-order valence-electron chi connectivity index (χ2n) is 4.92. The monoisotopic (exact) mass is 273 g/mol. The highest BCUT2D eigenvalue weighted by molar-refractivity contribution is 5.44. The molecular weight excluding hydrogens is 255 g/mol. The van der Waals surface area contributed by atoms with Gasteiger partial charge in [-0.25, -0.2) is 0 Å². The van der Waals surface area contributed by atoms with Crippen molar-refractivity contribution in [2.75, 3.05) is 25.0 Å². The molecule has 1 atom stereocenters. The highest BCUT2D eigenvalue weighted by Gasteiger charge is 2.34. The summed E-state index contributed by atoms with van der Waals surface area (Å²) < 4.78 is 36.9. The fourth-order valence-corrected chi connectivity index (χ4v) is 2.34. The minimum Gasteiger partial charge on any atom is -0.380 e. The first-order chi connectivity index (χ1) is 8.96. The molecule has 0 bridgehead atoms. The number of rotatable bonds is 4. The molecule has 1 aliphatic rings. The summed E-state index contributed by atoms with van der Waals surface area (Å²) in [5, 5.41) is 3.26. The second-order valence-corrected chi connectivity index (χ2v) is 4.92. The summed E-state index contributed by atoms with van der Waals surface area (Å²) in [5.74, 6) is 0. The Morgan fingerprint density at radius 1 is 1.42 bits per heavy atom. The van der Waals surface area contributed by atoms with Crippen molar-refractivity contribution < 1.29 is 13.2 Å². The van der Waals surface area contributed by atoms with Crippen LogP contribution in [-0.4, -0.2) is 41.7 Å². The van der Waals surface area contributed by atoms with Crippen LogP contribution in [0.1, 0.15) is 18.9 Å². The van der Waals surface area contributed by atoms with Crippen LogP contribution in [0.15, 0.2) is 18.5 Å². The molecule has 3 nitrogen and oxygen atoms in total. The molecule has 0 radical (unpaired) electrons. The normalized spacial score (nSPS) is 20.7. The molecule has 0 saturated carbocycles. The maximum atomic E-state index is 12.3. The fraction of sp³-hybridized carbons (Fsp3) is 0.615. The number of aryl methyl sites for hydroxylation is 1. The van der Waals surface area contributed by atoms with Crippen molar-refractivity contribution in [3.8, 4) is 0 Å². The minimum absolute atomic E-state index is 0.0660. The van der Waals surface area contributed by atoms with Crippen LogP contribution < -0.4 is 5.32 Å². The van der Waals surface area contributed by atoms with Crippen LogP contribution in [0.4, 0.5) is 18.9 Å². The van der Waals surface area contributed by atoms with Crippen molar-refractivity contribution >= 4 is 5.69 Å². The van der Waals surface area contributed by atoms with Gasteiger partial charge in [-0.05, 0) is 24.5 Å². The number of alkyl halides is 3. The number of nitrogens with one attached hydrogen (secondary N) is 1. The third kappa shape index (κ3) is 4.38. The Hall–Kier alpha value is -1.30. The lowest BCUT2D eigenvalue weighted by Gasteiger charge is -2.18. The van der Waals surface area contributed by atoms with Gasteiger partial charge in [-0.1, -0.05) is 6.92 Å². The van der Waals surface area contributed by atoms with Gasteiger partial charge in [0.05, 0.1) is 12.2 Å². The first-order valence-corrected chi connectivity index (χ1v) is 6.46. The summed E-state index contributed by atoms with van der Waals surface area (Å²) in [6.07, 6.45) is 1.03. The van der Waals surface area contributed by atoms with Crippen LogP contribution in [0.2, 0.25) is 0 Å². The van der Waals surface area contributed by atoms with Crippen molar-refractivity contribution in [1.29, 1.82) is 0 Å². The molecule has 1 aliphatic heterocycles. The molecule has 1 fully saturated rings. The zero-order chi connectivity index (χ0) is 13.9. The topological polar surface area (TPSA) is 28.2 Å². The Kier molecular flexibility index (Phi) is 4.29. The quantitative estimate of drug-likeness (QED) is 0.914. The largest absolute Gasteiger partial charge is 0.401 e. The third-order valence-electron chi connectivity index (χ3n) is 3.25. The van der Waals surface area contributed by atoms with E-state index in [2.05, 4.69) is 10.3 Å². The predicted molar refractivity (Wildman–Crippen MR) is 68.1 cm³/mol. The van der Waals surface area contributed by atoms with Crippen LogP contribution in [0.3, 0.4) is 0 Å². The summed E-state index contributed by atoms with van der Waals surface area (Å²) in [6, 6.07) is 2.07. The van der Waals surface area contributed by atoms with E-state index in [0.717, 1.165) is 24.1 Å². The van der Waals surface area contributed by atoms with Gasteiger partial charge in [-0.3, -0.25) is 9.88 Å². The molecule has 2 heterocycles. The van der Waals surface area contributed by atoms with Crippen molar-refractivity contribution in [2.45, 2.75) is 32.0 Å². The molecule has 0 spiro atoms. The molecule has 2 rings (SSSR count). The lowest BCUT2D eigenvalue weighted by atomic mass is 10.2. The number of anilines is 1. The summed E-state index contributed by atoms with van der Waals surface area (Å²) in [5.41, 5.74) is 2.01. The van der Waals surface area contributed by atoms with E-state index < -0.39 is 12.7 Å². The molecular formula is C13H18F3N3. The lowest BCUT2D eigenvalue weighted by molar-refractivity contribution is -0.143. The second kappa shape index (κ2) is 5.77. The molecule has 0 aromatic carbocycles. The Balaban J connectivity index is 1.87. The predicted octanol–water partition coefficient (Wildman–Crippen LogP) is 2.69. The molecule has 6 heteroatoms. The highest BCUT2D eigenvalue weighted by atomic mass is 19.4. The number of hydrogen-bond donors (Lipinski definition) is 1. The minimum atomic E-state index is -4.11. The molecule has 1 unspecified atom stereocenters. The Morgan fingerprint density at radius 3 is 2.89 bits per heavy atom. The Bertz CT molecular complexity index is 420. The standard InChI is InChI=1S/C13H18F3N3/c1-2-10-5-12(7-17-6-10)18-11-3-4-19(8-11)9-13(14,15)16/h5-7,11,18H,2-4,8-9H2,1H3. The van der Waals surface area contributed by atoms with Crippen LogP contribution in [0.5, 0.6) is 0 Å². The van der Waals surface area contributed by atoms with E-state index in [-0.39, 0.29) is 6.04 Å². The van der Waals surface area contributed by atoms with Gasteiger partial charge >= 0.3 is 6.18 Å². The fourth-order valence-electron chi connectivity index (χ4n) is 2.34. The number of likely N-dealkylation sites (tertiary alicyclic amines) is 1. The van der Waals surface area contributed by atoms with Gasteiger partial charge in [0.2, 0.25) is 0 Å². The number of aromatic nitrogens is 1. The van der Waals surface area contributed by atoms with E-state index in [1.54, 1.807) is 12.4 Å². The Morgan fingerprint density at radius 2 is 2.21 bits per heavy atom. The zero-order valence-electron chi connectivity index (χ0n) is 10.9. The molecule has 0 aliphatic carbocycles. The first-order valence-electron chi connectivity index (χ1n) is 6.46. The summed E-state index contributed by atoms with van der Waals surface area (Å²) in [7, 11) is 0. The molecule has 19 heavy (non-hydrogen) atoms. The van der Waals surface area contributed by atoms with E-state index in [1.807, 2.05) is 13.0 Å². The average Bonchev–Trinajstić information content (AvgIpc) is 2.74. The number of nitrogens with zero attached hydrogens (tertiary/aromatic N) is 2. The number of halogens is 3. The maximum Gasteiger partial charge on any atom is 0.401 e. The van der Waals surface area contributed by atoms with Crippen LogP contribution in [-0.2, 0) is 6.42 Å². The third-order valence-corrected chi connectivity index (χ3v) is 3.25. The van der Waals surface area contributed by atoms with Gasteiger partial charge < -0.3 is 5.32 Å². The molecule has 1 aromatic heterocycles. The van der Waals surface area contributed by atoms with Gasteiger partial charge in [0.25, 0.3) is 0 Å². The van der Waals surface area contributed by atoms with Gasteiger partial charge in [0, 0.05) is 31.5 Å². The smallest absolute Gasteiger partial charge is 0.380 e. The van der Waals surface area contributed by atoms with Gasteiger partial charge in [0.1, 0.15) is 0 Å². The van der Waals surface area contributed by atoms with Gasteiger partial charge in [-0.15, -0.1) is 0 Å². The van der Waals surface area contributed by atoms with E-state index in [0.29, 0.717) is 13.1 Å². The summed E-state index contributed by atoms with van der Waals surface area (Å²) in [6.45, 7) is 2.13. The van der Waals surface area contributed by atoms with Gasteiger partial charge in [-0.2, -0.15) is 13.2 Å².